The number of rotatable bonds is 9. The van der Waals surface area contributed by atoms with Gasteiger partial charge in [-0.2, -0.15) is 0 Å². The molecule has 1 aliphatic carbocycles. The van der Waals surface area contributed by atoms with E-state index in [1.165, 1.54) is 14.0 Å². The van der Waals surface area contributed by atoms with Crippen molar-refractivity contribution in [1.82, 2.24) is 10.6 Å². The van der Waals surface area contributed by atoms with Crippen molar-refractivity contribution in [2.45, 2.75) is 98.2 Å². The van der Waals surface area contributed by atoms with Gasteiger partial charge < -0.3 is 82.5 Å². The van der Waals surface area contributed by atoms with Gasteiger partial charge in [0.05, 0.1) is 24.8 Å². The molecule has 2 saturated heterocycles. The van der Waals surface area contributed by atoms with Gasteiger partial charge in [-0.1, -0.05) is 0 Å². The minimum atomic E-state index is -2.39. The van der Waals surface area contributed by atoms with Crippen LogP contribution in [-0.4, -0.2) is 159 Å². The Morgan fingerprint density at radius 1 is 1.00 bits per heavy atom. The summed E-state index contributed by atoms with van der Waals surface area (Å²) < 4.78 is 22.9. The SMILES string of the molecule is CN[C@@H]1[C@H](O[C@H]2[C@H](O[C@H]3[C@H](O)[C@@H](O)[C@H](N=C(N)N)[C@@H](O)[C@@H]3NC(=N)N)O[C@@H](C)[C@]2(O)C=O)O[C@@H](CO)[C@H](O)[C@H]1O.[Au]. The fourth-order valence-corrected chi connectivity index (χ4v) is 5.13. The van der Waals surface area contributed by atoms with Crippen LogP contribution in [0.3, 0.4) is 0 Å². The Labute approximate surface area is 250 Å². The molecule has 41 heavy (non-hydrogen) atoms. The smallest absolute Gasteiger partial charge is 0.188 e. The van der Waals surface area contributed by atoms with E-state index >= 15 is 0 Å². The molecule has 3 fully saturated rings. The van der Waals surface area contributed by atoms with Crippen molar-refractivity contribution in [2.75, 3.05) is 13.7 Å². The number of nitrogens with one attached hydrogen (secondary N) is 3. The number of aliphatic hydroxyl groups is 7. The third-order valence-corrected chi connectivity index (χ3v) is 7.40. The second kappa shape index (κ2) is 14.3. The summed E-state index contributed by atoms with van der Waals surface area (Å²) in [6, 6.07) is -4.02. The average molecular weight is 779 g/mol. The van der Waals surface area contributed by atoms with Crippen molar-refractivity contribution < 1.29 is 81.9 Å². The molecule has 1 saturated carbocycles. The molecule has 2 heterocycles. The van der Waals surface area contributed by atoms with E-state index < -0.39 is 110 Å². The molecule has 16 N–H and O–H groups in total. The summed E-state index contributed by atoms with van der Waals surface area (Å²) >= 11 is 0. The van der Waals surface area contributed by atoms with Crippen molar-refractivity contribution in [3.8, 4) is 0 Å². The molecule has 0 aromatic heterocycles. The van der Waals surface area contributed by atoms with E-state index in [4.69, 9.17) is 41.6 Å². The van der Waals surface area contributed by atoms with E-state index in [-0.39, 0.29) is 28.7 Å². The second-order valence-corrected chi connectivity index (χ2v) is 9.93. The Balaban J connectivity index is 0.00000588. The molecular weight excluding hydrogens is 739 g/mol. The average Bonchev–Trinajstić information content (AvgIpc) is 3.13. The Bertz CT molecular complexity index is 937. The van der Waals surface area contributed by atoms with Crippen molar-refractivity contribution in [2.24, 2.45) is 22.2 Å². The van der Waals surface area contributed by atoms with Crippen molar-refractivity contribution in [3.63, 3.8) is 0 Å². The maximum absolute atomic E-state index is 12.1. The molecule has 3 aliphatic rings. The molecule has 0 spiro atoms. The first-order valence-corrected chi connectivity index (χ1v) is 12.4. The summed E-state index contributed by atoms with van der Waals surface area (Å²) in [5.74, 6) is -1.16. The Hall–Kier alpha value is -1.53. The van der Waals surface area contributed by atoms with E-state index in [2.05, 4.69) is 15.6 Å². The van der Waals surface area contributed by atoms with Gasteiger partial charge >= 0.3 is 0 Å². The van der Waals surface area contributed by atoms with Gasteiger partial charge in [0.2, 0.25) is 0 Å². The largest absolute Gasteiger partial charge is 0.394 e. The topological polar surface area (TPSA) is 334 Å². The zero-order valence-corrected chi connectivity index (χ0v) is 24.2. The van der Waals surface area contributed by atoms with Gasteiger partial charge in [0.1, 0.15) is 54.9 Å². The predicted octanol–water partition coefficient (Wildman–Crippen LogP) is -7.95. The van der Waals surface area contributed by atoms with Crippen LogP contribution in [0.1, 0.15) is 6.92 Å². The van der Waals surface area contributed by atoms with E-state index in [0.29, 0.717) is 0 Å². The first-order valence-electron chi connectivity index (χ1n) is 12.4. The minimum absolute atomic E-state index is 0. The number of nitrogens with two attached hydrogens (primary N) is 3. The molecule has 15 atom stereocenters. The number of ether oxygens (including phenoxy) is 4. The quantitative estimate of drug-likeness (QED) is 0.0447. The standard InChI is InChI=1S/C21H39N7O12.Au/c1-5-21(36,4-30)16(40-17-9(26-2)13(34)10(31)6(3-29)38-17)18(37-5)39-15-8(28-20(24)25)11(32)7(27-19(22)23)12(33)14(15)35;/h4-18,26,29,31-36H,3H2,1-2H3,(H4,22,23,27)(H4,24,25,28);/t5-,6-,7+,8-,9-,10-,11+,12-,13-,14+,15+,16-,17-,18-,21+;/m0./s1. The molecular formula is C21H39AuN7O12. The molecule has 0 aromatic rings. The number of carbonyl (C=O) groups is 1. The van der Waals surface area contributed by atoms with Crippen LogP contribution in [0.2, 0.25) is 0 Å². The number of aldehydes is 1. The fraction of sp³-hybridized carbons (Fsp3) is 0.857. The first kappa shape index (κ1) is 35.7. The number of guanidine groups is 2. The molecule has 0 aromatic carbocycles. The summed E-state index contributed by atoms with van der Waals surface area (Å²) in [7, 11) is 1.42. The molecule has 0 bridgehead atoms. The van der Waals surface area contributed by atoms with Gasteiger partial charge in [0.25, 0.3) is 0 Å². The van der Waals surface area contributed by atoms with Gasteiger partial charge in [-0.25, -0.2) is 4.99 Å². The summed E-state index contributed by atoms with van der Waals surface area (Å²) in [5.41, 5.74) is 13.8. The van der Waals surface area contributed by atoms with Gasteiger partial charge in [0, 0.05) is 22.4 Å². The number of carbonyl (C=O) groups excluding carboxylic acids is 1. The van der Waals surface area contributed by atoms with Crippen LogP contribution in [0.15, 0.2) is 4.99 Å². The number of aliphatic imine (C=N–C) groups is 1. The van der Waals surface area contributed by atoms with Crippen LogP contribution < -0.4 is 27.8 Å². The number of aliphatic hydroxyl groups excluding tert-OH is 6. The van der Waals surface area contributed by atoms with E-state index in [1.807, 2.05) is 0 Å². The summed E-state index contributed by atoms with van der Waals surface area (Å²) in [6.45, 7) is 0.616. The van der Waals surface area contributed by atoms with Gasteiger partial charge in [-0.15, -0.1) is 0 Å². The number of likely N-dealkylation sites (N-methyl/N-ethyl adjacent to an activating group) is 1. The van der Waals surface area contributed by atoms with E-state index in [0.717, 1.165) is 0 Å². The second-order valence-electron chi connectivity index (χ2n) is 9.93. The van der Waals surface area contributed by atoms with Crippen molar-refractivity contribution in [3.05, 3.63) is 0 Å². The third kappa shape index (κ3) is 7.00. The molecule has 1 radical (unpaired) electrons. The monoisotopic (exact) mass is 778 g/mol. The zero-order valence-electron chi connectivity index (χ0n) is 22.0. The van der Waals surface area contributed by atoms with Crippen LogP contribution in [0.5, 0.6) is 0 Å². The Morgan fingerprint density at radius 3 is 2.15 bits per heavy atom. The molecule has 19 nitrogen and oxygen atoms in total. The van der Waals surface area contributed by atoms with E-state index in [9.17, 15) is 40.5 Å². The predicted molar refractivity (Wildman–Crippen MR) is 132 cm³/mol. The normalized spacial score (nSPS) is 46.3. The van der Waals surface area contributed by atoms with Crippen LogP contribution in [0.4, 0.5) is 0 Å². The van der Waals surface area contributed by atoms with Crippen LogP contribution in [-0.2, 0) is 46.1 Å². The number of nitrogens with zero attached hydrogens (tertiary/aromatic N) is 1. The fourth-order valence-electron chi connectivity index (χ4n) is 5.13. The summed E-state index contributed by atoms with van der Waals surface area (Å²) in [5, 5.41) is 86.6. The maximum Gasteiger partial charge on any atom is 0.188 e. The van der Waals surface area contributed by atoms with Crippen molar-refractivity contribution >= 4 is 18.2 Å². The molecule has 0 amide bonds. The molecule has 20 heteroatoms. The third-order valence-electron chi connectivity index (χ3n) is 7.40. The zero-order chi connectivity index (χ0) is 30.1. The Morgan fingerprint density at radius 2 is 1.63 bits per heavy atom. The van der Waals surface area contributed by atoms with Crippen LogP contribution in [0, 0.1) is 5.41 Å². The molecule has 2 aliphatic heterocycles. The van der Waals surface area contributed by atoms with Crippen molar-refractivity contribution in [1.29, 1.82) is 5.41 Å². The Kier molecular flexibility index (Phi) is 12.4. The summed E-state index contributed by atoms with van der Waals surface area (Å²) in [6.07, 6.45) is -17.3. The number of hydrogen-bond donors (Lipinski definition) is 13. The molecule has 3 rings (SSSR count). The van der Waals surface area contributed by atoms with Gasteiger partial charge in [0.15, 0.2) is 36.4 Å². The minimum Gasteiger partial charge on any atom is -0.394 e. The van der Waals surface area contributed by atoms with Gasteiger partial charge in [-0.05, 0) is 14.0 Å². The first-order chi connectivity index (χ1) is 18.7. The maximum atomic E-state index is 12.1. The van der Waals surface area contributed by atoms with E-state index in [1.54, 1.807) is 0 Å². The molecule has 241 valence electrons. The molecule has 0 unspecified atom stereocenters. The summed E-state index contributed by atoms with van der Waals surface area (Å²) in [4.78, 5) is 15.8. The van der Waals surface area contributed by atoms with Crippen LogP contribution >= 0.6 is 0 Å². The number of hydrogen-bond acceptors (Lipinski definition) is 15. The van der Waals surface area contributed by atoms with Crippen LogP contribution in [0.25, 0.3) is 0 Å². The van der Waals surface area contributed by atoms with Gasteiger partial charge in [-0.3, -0.25) is 10.2 Å².